The van der Waals surface area contributed by atoms with Crippen molar-refractivity contribution in [3.05, 3.63) is 45.8 Å². The van der Waals surface area contributed by atoms with Crippen LogP contribution >= 0.6 is 15.9 Å². The van der Waals surface area contributed by atoms with Gasteiger partial charge in [-0.2, -0.15) is 0 Å². The summed E-state index contributed by atoms with van der Waals surface area (Å²) in [6, 6.07) is 7.07. The molecule has 0 aliphatic heterocycles. The lowest BCUT2D eigenvalue weighted by atomic mass is 10.2. The number of aryl methyl sites for hydroxylation is 1. The van der Waals surface area contributed by atoms with Crippen molar-refractivity contribution in [3.63, 3.8) is 0 Å². The molecule has 7 heteroatoms. The molecule has 1 aromatic heterocycles. The van der Waals surface area contributed by atoms with E-state index in [2.05, 4.69) is 38.6 Å². The lowest BCUT2D eigenvalue weighted by Gasteiger charge is -2.09. The van der Waals surface area contributed by atoms with Crippen LogP contribution in [0.3, 0.4) is 0 Å². The quantitative estimate of drug-likeness (QED) is 0.638. The first-order chi connectivity index (χ1) is 11.6. The fraction of sp³-hybridized carbons (Fsp3) is 0.412. The highest BCUT2D eigenvalue weighted by Gasteiger charge is 2.10. The van der Waals surface area contributed by atoms with Crippen LogP contribution in [0.2, 0.25) is 0 Å². The zero-order valence-electron chi connectivity index (χ0n) is 13.9. The molecule has 0 saturated heterocycles. The minimum atomic E-state index is -0.104. The van der Waals surface area contributed by atoms with Gasteiger partial charge < -0.3 is 19.9 Å². The zero-order valence-corrected chi connectivity index (χ0v) is 15.5. The molecule has 2 aromatic rings. The molecule has 130 valence electrons. The Labute approximate surface area is 150 Å². The number of halogens is 1. The maximum Gasteiger partial charge on any atom is 0.251 e. The predicted octanol–water partition coefficient (Wildman–Crippen LogP) is 3.05. The van der Waals surface area contributed by atoms with Gasteiger partial charge in [0.1, 0.15) is 23.8 Å². The minimum absolute atomic E-state index is 0.104. The Balaban J connectivity index is 1.85. The van der Waals surface area contributed by atoms with Gasteiger partial charge in [-0.15, -0.1) is 0 Å². The van der Waals surface area contributed by atoms with E-state index in [4.69, 9.17) is 9.26 Å². The summed E-state index contributed by atoms with van der Waals surface area (Å²) in [6.45, 7) is 6.57. The van der Waals surface area contributed by atoms with E-state index in [1.54, 1.807) is 18.2 Å². The van der Waals surface area contributed by atoms with Crippen molar-refractivity contribution in [2.24, 2.45) is 0 Å². The van der Waals surface area contributed by atoms with Gasteiger partial charge in [-0.1, -0.05) is 12.1 Å². The fourth-order valence-electron chi connectivity index (χ4n) is 2.07. The molecule has 2 N–H and O–H groups in total. The van der Waals surface area contributed by atoms with Crippen molar-refractivity contribution in [1.82, 2.24) is 15.8 Å². The number of rotatable bonds is 9. The Morgan fingerprint density at radius 1 is 1.29 bits per heavy atom. The first kappa shape index (κ1) is 18.5. The number of nitrogens with zero attached hydrogens (tertiary/aromatic N) is 1. The van der Waals surface area contributed by atoms with E-state index in [1.807, 2.05) is 13.0 Å². The molecule has 2 rings (SSSR count). The molecule has 1 amide bonds. The molecule has 0 radical (unpaired) electrons. The summed E-state index contributed by atoms with van der Waals surface area (Å²) in [5.41, 5.74) is 1.31. The summed E-state index contributed by atoms with van der Waals surface area (Å²) in [6.07, 6.45) is 1.08. The number of hydrogen-bond acceptors (Lipinski definition) is 5. The summed E-state index contributed by atoms with van der Waals surface area (Å²) < 4.78 is 11.4. The van der Waals surface area contributed by atoms with Crippen LogP contribution in [0.15, 0.2) is 33.3 Å². The fourth-order valence-corrected chi connectivity index (χ4v) is 2.56. The Bertz CT molecular complexity index is 673. The number of aromatic nitrogens is 1. The van der Waals surface area contributed by atoms with Crippen molar-refractivity contribution in [2.75, 3.05) is 19.6 Å². The van der Waals surface area contributed by atoms with E-state index in [0.29, 0.717) is 24.5 Å². The first-order valence-corrected chi connectivity index (χ1v) is 8.73. The number of carbonyl (C=O) groups excluding carboxylic acids is 1. The van der Waals surface area contributed by atoms with Crippen molar-refractivity contribution >= 4 is 21.8 Å². The lowest BCUT2D eigenvalue weighted by molar-refractivity contribution is 0.0954. The standard InChI is InChI=1S/C17H22BrN3O3/c1-3-6-19-7-8-20-17(22)13-4-5-16(15(18)10-13)23-11-14-9-12(2)24-21-14/h4-5,9-10,19H,3,6-8,11H2,1-2H3,(H,20,22). The number of benzene rings is 1. The topological polar surface area (TPSA) is 76.4 Å². The van der Waals surface area contributed by atoms with Crippen LogP contribution in [0.5, 0.6) is 5.75 Å². The Hall–Kier alpha value is -1.86. The number of nitrogens with one attached hydrogen (secondary N) is 2. The van der Waals surface area contributed by atoms with Gasteiger partial charge in [-0.05, 0) is 54.0 Å². The average Bonchev–Trinajstić information content (AvgIpc) is 2.98. The van der Waals surface area contributed by atoms with E-state index >= 15 is 0 Å². The number of carbonyl (C=O) groups is 1. The van der Waals surface area contributed by atoms with Crippen LogP contribution in [-0.4, -0.2) is 30.7 Å². The van der Waals surface area contributed by atoms with Gasteiger partial charge in [0.15, 0.2) is 0 Å². The number of hydrogen-bond donors (Lipinski definition) is 2. The Kier molecular flexibility index (Phi) is 7.27. The van der Waals surface area contributed by atoms with Gasteiger partial charge in [-0.3, -0.25) is 4.79 Å². The highest BCUT2D eigenvalue weighted by molar-refractivity contribution is 9.10. The Morgan fingerprint density at radius 2 is 2.12 bits per heavy atom. The molecule has 0 atom stereocenters. The molecular formula is C17H22BrN3O3. The average molecular weight is 396 g/mol. The summed E-state index contributed by atoms with van der Waals surface area (Å²) in [4.78, 5) is 12.1. The number of ether oxygens (including phenoxy) is 1. The summed E-state index contributed by atoms with van der Waals surface area (Å²) in [5.74, 6) is 1.29. The van der Waals surface area contributed by atoms with Gasteiger partial charge in [-0.25, -0.2) is 0 Å². The second-order valence-corrected chi connectivity index (χ2v) is 6.22. The van der Waals surface area contributed by atoms with Crippen LogP contribution in [0.25, 0.3) is 0 Å². The Morgan fingerprint density at radius 3 is 2.79 bits per heavy atom. The third-order valence-corrected chi connectivity index (χ3v) is 3.88. The molecule has 1 heterocycles. The van der Waals surface area contributed by atoms with E-state index in [9.17, 15) is 4.79 Å². The second kappa shape index (κ2) is 9.44. The van der Waals surface area contributed by atoms with Gasteiger partial charge in [0.25, 0.3) is 5.91 Å². The normalized spacial score (nSPS) is 10.6. The third kappa shape index (κ3) is 5.65. The van der Waals surface area contributed by atoms with E-state index in [0.717, 1.165) is 35.4 Å². The summed E-state index contributed by atoms with van der Waals surface area (Å²) in [7, 11) is 0. The van der Waals surface area contributed by atoms with Crippen LogP contribution in [0, 0.1) is 6.92 Å². The molecule has 0 bridgehead atoms. The monoisotopic (exact) mass is 395 g/mol. The van der Waals surface area contributed by atoms with Crippen molar-refractivity contribution in [2.45, 2.75) is 26.9 Å². The molecule has 6 nitrogen and oxygen atoms in total. The van der Waals surface area contributed by atoms with Gasteiger partial charge in [0, 0.05) is 24.7 Å². The van der Waals surface area contributed by atoms with Crippen molar-refractivity contribution < 1.29 is 14.1 Å². The van der Waals surface area contributed by atoms with Crippen LogP contribution < -0.4 is 15.4 Å². The van der Waals surface area contributed by atoms with Crippen LogP contribution in [0.4, 0.5) is 0 Å². The highest BCUT2D eigenvalue weighted by Crippen LogP contribution is 2.26. The molecule has 1 aromatic carbocycles. The molecular weight excluding hydrogens is 374 g/mol. The van der Waals surface area contributed by atoms with Gasteiger partial charge in [0.2, 0.25) is 0 Å². The lowest BCUT2D eigenvalue weighted by Crippen LogP contribution is -2.32. The maximum absolute atomic E-state index is 12.1. The largest absolute Gasteiger partial charge is 0.486 e. The second-order valence-electron chi connectivity index (χ2n) is 5.37. The molecule has 0 fully saturated rings. The zero-order chi connectivity index (χ0) is 17.4. The van der Waals surface area contributed by atoms with Crippen LogP contribution in [0.1, 0.15) is 35.2 Å². The smallest absolute Gasteiger partial charge is 0.251 e. The van der Waals surface area contributed by atoms with E-state index < -0.39 is 0 Å². The molecule has 0 aliphatic carbocycles. The van der Waals surface area contributed by atoms with Crippen LogP contribution in [-0.2, 0) is 6.61 Å². The minimum Gasteiger partial charge on any atom is -0.486 e. The molecule has 0 spiro atoms. The van der Waals surface area contributed by atoms with Gasteiger partial charge in [0.05, 0.1) is 4.47 Å². The summed E-state index contributed by atoms with van der Waals surface area (Å²) in [5, 5.41) is 9.99. The highest BCUT2D eigenvalue weighted by atomic mass is 79.9. The van der Waals surface area contributed by atoms with E-state index in [-0.39, 0.29) is 5.91 Å². The van der Waals surface area contributed by atoms with Crippen molar-refractivity contribution in [3.8, 4) is 5.75 Å². The molecule has 0 saturated carbocycles. The first-order valence-electron chi connectivity index (χ1n) is 7.93. The van der Waals surface area contributed by atoms with E-state index in [1.165, 1.54) is 0 Å². The predicted molar refractivity (Wildman–Crippen MR) is 95.2 cm³/mol. The molecule has 0 aliphatic rings. The van der Waals surface area contributed by atoms with Crippen molar-refractivity contribution in [1.29, 1.82) is 0 Å². The van der Waals surface area contributed by atoms with Gasteiger partial charge >= 0.3 is 0 Å². The SMILES string of the molecule is CCCNCCNC(=O)c1ccc(OCc2cc(C)on2)c(Br)c1. The third-order valence-electron chi connectivity index (χ3n) is 3.26. The molecule has 0 unspecified atom stereocenters. The number of amides is 1. The summed E-state index contributed by atoms with van der Waals surface area (Å²) >= 11 is 3.44. The maximum atomic E-state index is 12.1. The molecule has 24 heavy (non-hydrogen) atoms.